The van der Waals surface area contributed by atoms with Crippen molar-refractivity contribution in [2.45, 2.75) is 13.5 Å². The molecule has 2 heterocycles. The molecular formula is C15H18N4O3. The van der Waals surface area contributed by atoms with E-state index in [-0.39, 0.29) is 5.69 Å². The molecule has 116 valence electrons. The van der Waals surface area contributed by atoms with Crippen LogP contribution < -0.4 is 4.74 Å². The Morgan fingerprint density at radius 3 is 2.73 bits per heavy atom. The zero-order valence-corrected chi connectivity index (χ0v) is 12.8. The van der Waals surface area contributed by atoms with Crippen molar-refractivity contribution in [1.82, 2.24) is 19.9 Å². The molecule has 2 aromatic heterocycles. The summed E-state index contributed by atoms with van der Waals surface area (Å²) in [5.41, 5.74) is 1.97. The summed E-state index contributed by atoms with van der Waals surface area (Å²) in [6, 6.07) is 1.77. The van der Waals surface area contributed by atoms with Gasteiger partial charge in [-0.2, -0.15) is 0 Å². The van der Waals surface area contributed by atoms with Crippen LogP contribution in [0.4, 0.5) is 0 Å². The highest BCUT2D eigenvalue weighted by Crippen LogP contribution is 2.21. The van der Waals surface area contributed by atoms with Crippen molar-refractivity contribution in [3.05, 3.63) is 35.9 Å². The second-order valence-corrected chi connectivity index (χ2v) is 4.95. The van der Waals surface area contributed by atoms with Gasteiger partial charge in [0.2, 0.25) is 5.88 Å². The Morgan fingerprint density at radius 1 is 1.32 bits per heavy atom. The van der Waals surface area contributed by atoms with Crippen molar-refractivity contribution in [3.63, 3.8) is 0 Å². The summed E-state index contributed by atoms with van der Waals surface area (Å²) < 4.78 is 5.33. The maximum atomic E-state index is 11.3. The summed E-state index contributed by atoms with van der Waals surface area (Å²) in [6.07, 6.45) is 4.62. The van der Waals surface area contributed by atoms with Crippen LogP contribution in [0.1, 0.15) is 23.0 Å². The predicted octanol–water partition coefficient (Wildman–Crippen LogP) is 1.70. The molecule has 0 spiro atoms. The van der Waals surface area contributed by atoms with E-state index in [2.05, 4.69) is 15.0 Å². The highest BCUT2D eigenvalue weighted by atomic mass is 16.5. The maximum absolute atomic E-state index is 11.3. The molecule has 0 aliphatic heterocycles. The van der Waals surface area contributed by atoms with E-state index in [1.807, 2.05) is 25.9 Å². The highest BCUT2D eigenvalue weighted by Gasteiger charge is 2.15. The minimum absolute atomic E-state index is 0.0476. The molecule has 7 heteroatoms. The molecule has 2 aromatic rings. The first-order valence-corrected chi connectivity index (χ1v) is 6.83. The Kier molecular flexibility index (Phi) is 5.00. The van der Waals surface area contributed by atoms with Crippen molar-refractivity contribution in [2.24, 2.45) is 0 Å². The van der Waals surface area contributed by atoms with Gasteiger partial charge in [-0.3, -0.25) is 4.98 Å². The first-order valence-electron chi connectivity index (χ1n) is 6.83. The summed E-state index contributed by atoms with van der Waals surface area (Å²) in [5.74, 6) is -0.617. The minimum atomic E-state index is -1.04. The summed E-state index contributed by atoms with van der Waals surface area (Å²) in [4.78, 5) is 25.6. The van der Waals surface area contributed by atoms with Crippen molar-refractivity contribution in [3.8, 4) is 17.1 Å². The predicted molar refractivity (Wildman–Crippen MR) is 80.8 cm³/mol. The van der Waals surface area contributed by atoms with Gasteiger partial charge < -0.3 is 14.7 Å². The number of aromatic nitrogens is 3. The number of aromatic carboxylic acids is 1. The van der Waals surface area contributed by atoms with E-state index >= 15 is 0 Å². The van der Waals surface area contributed by atoms with Crippen LogP contribution >= 0.6 is 0 Å². The molecule has 0 aromatic carbocycles. The normalized spacial score (nSPS) is 10.7. The molecule has 0 saturated carbocycles. The Morgan fingerprint density at radius 2 is 2.09 bits per heavy atom. The lowest BCUT2D eigenvalue weighted by molar-refractivity contribution is 0.0688. The van der Waals surface area contributed by atoms with Crippen LogP contribution in [0, 0.1) is 0 Å². The summed E-state index contributed by atoms with van der Waals surface area (Å²) >= 11 is 0. The summed E-state index contributed by atoms with van der Waals surface area (Å²) in [6.45, 7) is 2.84. The maximum Gasteiger partial charge on any atom is 0.354 e. The van der Waals surface area contributed by atoms with E-state index in [9.17, 15) is 9.90 Å². The van der Waals surface area contributed by atoms with Gasteiger partial charge >= 0.3 is 5.97 Å². The largest absolute Gasteiger partial charge is 0.477 e. The van der Waals surface area contributed by atoms with Crippen LogP contribution in [0.2, 0.25) is 0 Å². The van der Waals surface area contributed by atoms with E-state index in [1.54, 1.807) is 12.3 Å². The van der Waals surface area contributed by atoms with Gasteiger partial charge in [-0.15, -0.1) is 0 Å². The third-order valence-electron chi connectivity index (χ3n) is 2.86. The molecule has 2 rings (SSSR count). The fraction of sp³-hybridized carbons (Fsp3) is 0.333. The van der Waals surface area contributed by atoms with Gasteiger partial charge in [-0.25, -0.2) is 14.8 Å². The van der Waals surface area contributed by atoms with Crippen LogP contribution in [0.15, 0.2) is 24.7 Å². The highest BCUT2D eigenvalue weighted by molar-refractivity contribution is 5.87. The van der Waals surface area contributed by atoms with E-state index in [0.717, 1.165) is 0 Å². The quantitative estimate of drug-likeness (QED) is 0.868. The molecule has 7 nitrogen and oxygen atoms in total. The van der Waals surface area contributed by atoms with E-state index < -0.39 is 5.97 Å². The lowest BCUT2D eigenvalue weighted by Gasteiger charge is -2.13. The van der Waals surface area contributed by atoms with Gasteiger partial charge in [0.25, 0.3) is 0 Å². The van der Waals surface area contributed by atoms with E-state index in [0.29, 0.717) is 35.9 Å². The number of hydrogen-bond donors (Lipinski definition) is 1. The Balaban J connectivity index is 2.43. The van der Waals surface area contributed by atoms with Gasteiger partial charge in [0.05, 0.1) is 24.7 Å². The second kappa shape index (κ2) is 6.95. The molecule has 0 aliphatic rings. The molecule has 1 N–H and O–H groups in total. The molecule has 0 saturated heterocycles. The average molecular weight is 302 g/mol. The summed E-state index contributed by atoms with van der Waals surface area (Å²) in [7, 11) is 3.74. The fourth-order valence-corrected chi connectivity index (χ4v) is 2.01. The number of pyridine rings is 1. The van der Waals surface area contributed by atoms with Crippen LogP contribution in [0.25, 0.3) is 11.3 Å². The van der Waals surface area contributed by atoms with Crippen molar-refractivity contribution in [1.29, 1.82) is 0 Å². The minimum Gasteiger partial charge on any atom is -0.477 e. The second-order valence-electron chi connectivity index (χ2n) is 4.95. The number of ether oxygens (including phenoxy) is 1. The van der Waals surface area contributed by atoms with Crippen molar-refractivity contribution in [2.75, 3.05) is 20.7 Å². The van der Waals surface area contributed by atoms with Crippen LogP contribution in [0.5, 0.6) is 5.88 Å². The van der Waals surface area contributed by atoms with Crippen LogP contribution in [-0.4, -0.2) is 51.6 Å². The smallest absolute Gasteiger partial charge is 0.354 e. The molecule has 22 heavy (non-hydrogen) atoms. The molecular weight excluding hydrogens is 284 g/mol. The third kappa shape index (κ3) is 3.76. The standard InChI is InChI=1S/C15H18N4O3/c1-4-22-13-8-16-7-12(18-13)10-5-11(9-19(2)3)14(15(20)21)17-6-10/h5-8H,4,9H2,1-3H3,(H,20,21). The van der Waals surface area contributed by atoms with Gasteiger partial charge in [0.1, 0.15) is 0 Å². The topological polar surface area (TPSA) is 88.4 Å². The Labute approximate surface area is 128 Å². The van der Waals surface area contributed by atoms with Crippen LogP contribution in [-0.2, 0) is 6.54 Å². The van der Waals surface area contributed by atoms with Crippen molar-refractivity contribution >= 4 is 5.97 Å². The molecule has 0 unspecified atom stereocenters. The lowest BCUT2D eigenvalue weighted by Crippen LogP contribution is -2.15. The van der Waals surface area contributed by atoms with E-state index in [4.69, 9.17) is 4.74 Å². The average Bonchev–Trinajstić information content (AvgIpc) is 2.47. The van der Waals surface area contributed by atoms with Gasteiger partial charge in [0.15, 0.2) is 5.69 Å². The zero-order valence-electron chi connectivity index (χ0n) is 12.8. The Bertz CT molecular complexity index is 674. The number of hydrogen-bond acceptors (Lipinski definition) is 6. The number of carboxylic acid groups (broad SMARTS) is 1. The van der Waals surface area contributed by atoms with Gasteiger partial charge in [-0.05, 0) is 32.6 Å². The van der Waals surface area contributed by atoms with Crippen LogP contribution in [0.3, 0.4) is 0 Å². The van der Waals surface area contributed by atoms with Gasteiger partial charge in [0, 0.05) is 18.3 Å². The number of carboxylic acids is 1. The molecule has 0 amide bonds. The molecule has 0 radical (unpaired) electrons. The molecule has 0 bridgehead atoms. The monoisotopic (exact) mass is 302 g/mol. The molecule has 0 aliphatic carbocycles. The molecule has 0 atom stereocenters. The Hall–Kier alpha value is -2.54. The molecule has 0 fully saturated rings. The SMILES string of the molecule is CCOc1cncc(-c2cnc(C(=O)O)c(CN(C)C)c2)n1. The number of carbonyl (C=O) groups is 1. The first-order chi connectivity index (χ1) is 10.5. The number of rotatable bonds is 6. The van der Waals surface area contributed by atoms with Crippen molar-refractivity contribution < 1.29 is 14.6 Å². The summed E-state index contributed by atoms with van der Waals surface area (Å²) in [5, 5.41) is 9.23. The fourth-order valence-electron chi connectivity index (χ4n) is 2.01. The number of nitrogens with zero attached hydrogens (tertiary/aromatic N) is 4. The first kappa shape index (κ1) is 15.8. The zero-order chi connectivity index (χ0) is 16.1. The third-order valence-corrected chi connectivity index (χ3v) is 2.86. The lowest BCUT2D eigenvalue weighted by atomic mass is 10.1. The van der Waals surface area contributed by atoms with Gasteiger partial charge in [-0.1, -0.05) is 0 Å². The van der Waals surface area contributed by atoms with E-state index in [1.165, 1.54) is 12.4 Å².